The molecule has 1 aliphatic carbocycles. The Hall–Kier alpha value is -3.30. The molecule has 6 nitrogen and oxygen atoms in total. The fourth-order valence-electron chi connectivity index (χ4n) is 6.00. The minimum Gasteiger partial charge on any atom is -0.447 e. The van der Waals surface area contributed by atoms with Crippen molar-refractivity contribution in [2.75, 3.05) is 39.1 Å². The van der Waals surface area contributed by atoms with E-state index in [1.807, 2.05) is 61.5 Å². The number of allylic oxidation sites excluding steroid dienone is 3. The van der Waals surface area contributed by atoms with Crippen LogP contribution in [0.4, 0.5) is 23.7 Å². The first-order valence-corrected chi connectivity index (χ1v) is 14.3. The van der Waals surface area contributed by atoms with Crippen molar-refractivity contribution in [1.29, 1.82) is 0 Å². The van der Waals surface area contributed by atoms with Crippen molar-refractivity contribution in [3.63, 3.8) is 0 Å². The molecule has 1 unspecified atom stereocenters. The van der Waals surface area contributed by atoms with Crippen LogP contribution < -0.4 is 5.32 Å². The maximum Gasteiger partial charge on any atom is 0.416 e. The third kappa shape index (κ3) is 7.13. The number of anilines is 1. The molecule has 5 atom stereocenters. The van der Waals surface area contributed by atoms with Crippen LogP contribution in [0.1, 0.15) is 42.1 Å². The molecule has 0 bridgehead atoms. The topological polar surface area (TPSA) is 54.0 Å². The van der Waals surface area contributed by atoms with E-state index in [1.165, 1.54) is 12.1 Å². The summed E-state index contributed by atoms with van der Waals surface area (Å²) < 4.78 is 53.2. The molecule has 0 saturated carbocycles. The van der Waals surface area contributed by atoms with Gasteiger partial charge in [0.2, 0.25) is 0 Å². The molecule has 2 aromatic carbocycles. The second-order valence-electron chi connectivity index (χ2n) is 11.4. The fourth-order valence-corrected chi connectivity index (χ4v) is 6.00. The Balaban J connectivity index is 1.31. The van der Waals surface area contributed by atoms with Crippen molar-refractivity contribution in [2.24, 2.45) is 11.8 Å². The summed E-state index contributed by atoms with van der Waals surface area (Å²) >= 11 is 0. The van der Waals surface area contributed by atoms with E-state index in [-0.39, 0.29) is 24.5 Å². The number of carbonyl (C=O) groups is 1. The van der Waals surface area contributed by atoms with Crippen LogP contribution in [0.25, 0.3) is 0 Å². The van der Waals surface area contributed by atoms with Crippen LogP contribution in [0.15, 0.2) is 72.8 Å². The molecule has 1 N–H and O–H groups in total. The summed E-state index contributed by atoms with van der Waals surface area (Å²) in [4.78, 5) is 16.9. The molecular weight excluding hydrogens is 531 g/mol. The SMILES string of the molecule is CN(C)CCN(Cc1ccccc1)C(=O)OC[C@H]1CC[C@@H]2[C@H](O1)c1cc(C(F)(F)F)ccc1N[C@H]2C1C=CC=CC1. The molecule has 2 aromatic rings. The number of nitrogens with zero attached hydrogens (tertiary/aromatic N) is 2. The van der Waals surface area contributed by atoms with Crippen molar-refractivity contribution in [3.8, 4) is 0 Å². The van der Waals surface area contributed by atoms with E-state index in [4.69, 9.17) is 9.47 Å². The monoisotopic (exact) mass is 569 g/mol. The zero-order valence-corrected chi connectivity index (χ0v) is 23.5. The fraction of sp³-hybridized carbons (Fsp3) is 0.469. The number of hydrogen-bond acceptors (Lipinski definition) is 5. The second-order valence-corrected chi connectivity index (χ2v) is 11.4. The Bertz CT molecular complexity index is 1250. The summed E-state index contributed by atoms with van der Waals surface area (Å²) in [7, 11) is 3.90. The lowest BCUT2D eigenvalue weighted by Gasteiger charge is -2.47. The summed E-state index contributed by atoms with van der Waals surface area (Å²) in [6.07, 6.45) is 4.78. The molecule has 1 amide bonds. The van der Waals surface area contributed by atoms with E-state index in [2.05, 4.69) is 17.5 Å². The molecule has 220 valence electrons. The predicted octanol–water partition coefficient (Wildman–Crippen LogP) is 6.67. The smallest absolute Gasteiger partial charge is 0.416 e. The Morgan fingerprint density at radius 2 is 1.88 bits per heavy atom. The number of likely N-dealkylation sites (N-methyl/N-ethyl adjacent to an activating group) is 1. The van der Waals surface area contributed by atoms with Crippen LogP contribution in [0.5, 0.6) is 0 Å². The lowest BCUT2D eigenvalue weighted by atomic mass is 9.73. The molecule has 3 aliphatic rings. The van der Waals surface area contributed by atoms with Crippen molar-refractivity contribution in [3.05, 3.63) is 89.5 Å². The van der Waals surface area contributed by atoms with Gasteiger partial charge in [0.25, 0.3) is 0 Å². The van der Waals surface area contributed by atoms with Crippen molar-refractivity contribution >= 4 is 11.8 Å². The maximum atomic E-state index is 13.6. The van der Waals surface area contributed by atoms with Gasteiger partial charge in [0, 0.05) is 48.8 Å². The Morgan fingerprint density at radius 1 is 1.07 bits per heavy atom. The van der Waals surface area contributed by atoms with Gasteiger partial charge in [0.05, 0.1) is 17.8 Å². The summed E-state index contributed by atoms with van der Waals surface area (Å²) in [5.41, 5.74) is 1.50. The number of fused-ring (bicyclic) bond motifs is 3. The zero-order valence-electron chi connectivity index (χ0n) is 23.5. The Labute approximate surface area is 239 Å². The third-order valence-electron chi connectivity index (χ3n) is 8.18. The van der Waals surface area contributed by atoms with Crippen LogP contribution >= 0.6 is 0 Å². The van der Waals surface area contributed by atoms with Gasteiger partial charge in [-0.25, -0.2) is 4.79 Å². The molecule has 0 aromatic heterocycles. The van der Waals surface area contributed by atoms with Crippen LogP contribution in [-0.2, 0) is 22.2 Å². The predicted molar refractivity (Wildman–Crippen MR) is 152 cm³/mol. The first-order chi connectivity index (χ1) is 19.7. The van der Waals surface area contributed by atoms with Gasteiger partial charge in [0.15, 0.2) is 0 Å². The highest BCUT2D eigenvalue weighted by molar-refractivity contribution is 5.67. The number of carbonyl (C=O) groups excluding carboxylic acids is 1. The molecule has 2 heterocycles. The van der Waals surface area contributed by atoms with E-state index in [1.54, 1.807) is 4.90 Å². The maximum absolute atomic E-state index is 13.6. The van der Waals surface area contributed by atoms with Crippen molar-refractivity contribution < 1.29 is 27.4 Å². The highest BCUT2D eigenvalue weighted by atomic mass is 19.4. The van der Waals surface area contributed by atoms with E-state index < -0.39 is 30.0 Å². The van der Waals surface area contributed by atoms with Gasteiger partial charge in [-0.05, 0) is 57.1 Å². The van der Waals surface area contributed by atoms with Gasteiger partial charge in [-0.3, -0.25) is 0 Å². The molecule has 9 heteroatoms. The second kappa shape index (κ2) is 12.7. The average molecular weight is 570 g/mol. The molecule has 0 radical (unpaired) electrons. The highest BCUT2D eigenvalue weighted by Crippen LogP contribution is 2.49. The van der Waals surface area contributed by atoms with Crippen LogP contribution in [0.3, 0.4) is 0 Å². The van der Waals surface area contributed by atoms with Gasteiger partial charge in [0.1, 0.15) is 6.61 Å². The molecule has 0 spiro atoms. The van der Waals surface area contributed by atoms with Gasteiger partial charge >= 0.3 is 12.3 Å². The molecular formula is C32H38F3N3O3. The minimum atomic E-state index is -4.45. The van der Waals surface area contributed by atoms with Gasteiger partial charge in [-0.2, -0.15) is 13.2 Å². The van der Waals surface area contributed by atoms with Gasteiger partial charge in [-0.15, -0.1) is 0 Å². The molecule has 1 saturated heterocycles. The minimum absolute atomic E-state index is 0.00578. The molecule has 41 heavy (non-hydrogen) atoms. The summed E-state index contributed by atoms with van der Waals surface area (Å²) in [6.45, 7) is 1.66. The van der Waals surface area contributed by atoms with E-state index in [9.17, 15) is 18.0 Å². The molecule has 1 fully saturated rings. The lowest BCUT2D eigenvalue weighted by Crippen LogP contribution is -2.47. The molecule has 5 rings (SSSR count). The standard InChI is InChI=1S/C32H38F3N3O3/c1-37(2)17-18-38(20-22-9-5-3-6-10-22)31(39)40-21-25-14-15-26-29(23-11-7-4-8-12-23)36-28-16-13-24(32(33,34)35)19-27(28)30(26)41-25/h3-11,13,16,19,23,25-26,29-30,36H,12,14-15,17-18,20-21H2,1-2H3/t23?,25-,26+,29+,30+/m1/s1. The first-order valence-electron chi connectivity index (χ1n) is 14.3. The van der Waals surface area contributed by atoms with Crippen molar-refractivity contribution in [1.82, 2.24) is 9.80 Å². The number of rotatable bonds is 8. The van der Waals surface area contributed by atoms with Gasteiger partial charge < -0.3 is 24.6 Å². The normalized spacial score (nSPS) is 25.3. The number of benzene rings is 2. The summed E-state index contributed by atoms with van der Waals surface area (Å²) in [5.74, 6) is 0.206. The summed E-state index contributed by atoms with van der Waals surface area (Å²) in [5, 5.41) is 3.54. The van der Waals surface area contributed by atoms with E-state index in [0.29, 0.717) is 37.3 Å². The quantitative estimate of drug-likeness (QED) is 0.385. The molecule has 2 aliphatic heterocycles. The van der Waals surface area contributed by atoms with E-state index in [0.717, 1.165) is 24.5 Å². The largest absolute Gasteiger partial charge is 0.447 e. The average Bonchev–Trinajstić information content (AvgIpc) is 2.97. The Morgan fingerprint density at radius 3 is 2.59 bits per heavy atom. The van der Waals surface area contributed by atoms with Crippen LogP contribution in [0.2, 0.25) is 0 Å². The Kier molecular flexibility index (Phi) is 9.04. The van der Waals surface area contributed by atoms with Gasteiger partial charge in [-0.1, -0.05) is 54.6 Å². The number of ether oxygens (including phenoxy) is 2. The van der Waals surface area contributed by atoms with Crippen LogP contribution in [0, 0.1) is 11.8 Å². The number of alkyl halides is 3. The van der Waals surface area contributed by atoms with Crippen molar-refractivity contribution in [2.45, 2.75) is 50.2 Å². The number of hydrogen-bond donors (Lipinski definition) is 1. The number of halogens is 3. The van der Waals surface area contributed by atoms with E-state index >= 15 is 0 Å². The number of amides is 1. The zero-order chi connectivity index (χ0) is 29.0. The first kappa shape index (κ1) is 29.2. The lowest BCUT2D eigenvalue weighted by molar-refractivity contribution is -0.138. The summed E-state index contributed by atoms with van der Waals surface area (Å²) in [6, 6.07) is 13.6. The van der Waals surface area contributed by atoms with Crippen LogP contribution in [-0.4, -0.2) is 61.8 Å². The highest BCUT2D eigenvalue weighted by Gasteiger charge is 2.45. The number of nitrogens with one attached hydrogen (secondary N) is 1. The third-order valence-corrected chi connectivity index (χ3v) is 8.18.